The fourth-order valence-corrected chi connectivity index (χ4v) is 1.77. The van der Waals surface area contributed by atoms with Crippen LogP contribution in [0.4, 0.5) is 10.1 Å². The van der Waals surface area contributed by atoms with Crippen LogP contribution in [0.3, 0.4) is 0 Å². The first kappa shape index (κ1) is 14.0. The quantitative estimate of drug-likeness (QED) is 0.793. The molecule has 2 N–H and O–H groups in total. The summed E-state index contributed by atoms with van der Waals surface area (Å²) in [7, 11) is 0. The second kappa shape index (κ2) is 7.27. The van der Waals surface area contributed by atoms with Crippen molar-refractivity contribution in [2.75, 3.05) is 18.4 Å². The van der Waals surface area contributed by atoms with E-state index in [0.29, 0.717) is 16.7 Å². The number of hydrogen-bond acceptors (Lipinski definition) is 2. The number of carbonyl (C=O) groups is 1. The molecule has 1 aromatic carbocycles. The lowest BCUT2D eigenvalue weighted by molar-refractivity contribution is -0.119. The van der Waals surface area contributed by atoms with E-state index in [1.165, 1.54) is 12.1 Å². The van der Waals surface area contributed by atoms with Crippen molar-refractivity contribution in [1.82, 2.24) is 5.32 Å². The molecule has 1 aromatic rings. The van der Waals surface area contributed by atoms with Gasteiger partial charge in [-0.25, -0.2) is 4.39 Å². The van der Waals surface area contributed by atoms with Gasteiger partial charge in [-0.05, 0) is 40.5 Å². The van der Waals surface area contributed by atoms with Gasteiger partial charge in [-0.15, -0.1) is 0 Å². The van der Waals surface area contributed by atoms with Crippen molar-refractivity contribution in [1.29, 1.82) is 0 Å². The van der Waals surface area contributed by atoms with E-state index in [2.05, 4.69) is 33.5 Å². The van der Waals surface area contributed by atoms with E-state index in [4.69, 9.17) is 0 Å². The Hall–Kier alpha value is -1.10. The summed E-state index contributed by atoms with van der Waals surface area (Å²) in [5, 5.41) is 5.74. The molecule has 0 bridgehead atoms. The molecule has 0 saturated heterocycles. The second-order valence-electron chi connectivity index (χ2n) is 3.68. The molecule has 0 atom stereocenters. The molecule has 17 heavy (non-hydrogen) atoms. The first-order valence-electron chi connectivity index (χ1n) is 5.59. The average molecular weight is 303 g/mol. The predicted molar refractivity (Wildman–Crippen MR) is 70.5 cm³/mol. The normalized spacial score (nSPS) is 10.1. The maximum atomic E-state index is 12.8. The van der Waals surface area contributed by atoms with Gasteiger partial charge < -0.3 is 10.6 Å². The first-order valence-corrected chi connectivity index (χ1v) is 6.38. The molecule has 0 fully saturated rings. The number of anilines is 1. The number of hydrogen-bond donors (Lipinski definition) is 2. The molecule has 0 aromatic heterocycles. The predicted octanol–water partition coefficient (Wildman–Crippen LogP) is 2.92. The minimum atomic E-state index is -0.310. The summed E-state index contributed by atoms with van der Waals surface area (Å²) < 4.78 is 13.4. The number of nitrogens with one attached hydrogen (secondary N) is 2. The summed E-state index contributed by atoms with van der Waals surface area (Å²) in [6, 6.07) is 4.30. The third-order valence-electron chi connectivity index (χ3n) is 2.22. The number of carbonyl (C=O) groups excluding carboxylic acids is 1. The summed E-state index contributed by atoms with van der Waals surface area (Å²) in [5.74, 6) is -0.371. The Kier molecular flexibility index (Phi) is 5.97. The third-order valence-corrected chi connectivity index (χ3v) is 2.88. The van der Waals surface area contributed by atoms with Gasteiger partial charge in [0.2, 0.25) is 5.91 Å². The summed E-state index contributed by atoms with van der Waals surface area (Å²) in [6.45, 7) is 2.95. The van der Waals surface area contributed by atoms with Crippen LogP contribution in [0.5, 0.6) is 0 Å². The van der Waals surface area contributed by atoms with Gasteiger partial charge in [0.1, 0.15) is 5.82 Å². The third kappa shape index (κ3) is 5.17. The first-order chi connectivity index (χ1) is 8.13. The van der Waals surface area contributed by atoms with Crippen LogP contribution in [0.25, 0.3) is 0 Å². The van der Waals surface area contributed by atoms with E-state index < -0.39 is 0 Å². The van der Waals surface area contributed by atoms with Crippen LogP contribution in [0.1, 0.15) is 19.8 Å². The Morgan fingerprint density at radius 3 is 2.88 bits per heavy atom. The van der Waals surface area contributed by atoms with Crippen molar-refractivity contribution in [3.63, 3.8) is 0 Å². The van der Waals surface area contributed by atoms with Crippen molar-refractivity contribution < 1.29 is 9.18 Å². The van der Waals surface area contributed by atoms with E-state index in [9.17, 15) is 9.18 Å². The van der Waals surface area contributed by atoms with Crippen LogP contribution in [0.15, 0.2) is 22.7 Å². The van der Waals surface area contributed by atoms with E-state index in [0.717, 1.165) is 12.8 Å². The molecule has 3 nitrogen and oxygen atoms in total. The molecule has 0 radical (unpaired) electrons. The van der Waals surface area contributed by atoms with Gasteiger partial charge in [-0.2, -0.15) is 0 Å². The number of rotatable bonds is 6. The highest BCUT2D eigenvalue weighted by atomic mass is 79.9. The average Bonchev–Trinajstić information content (AvgIpc) is 2.28. The van der Waals surface area contributed by atoms with Gasteiger partial charge in [-0.1, -0.05) is 13.3 Å². The lowest BCUT2D eigenvalue weighted by atomic mass is 10.3. The smallest absolute Gasteiger partial charge is 0.239 e. The van der Waals surface area contributed by atoms with Gasteiger partial charge in [-0.3, -0.25) is 4.79 Å². The molecule has 94 valence electrons. The standard InChI is InChI=1S/C12H16BrFN2O/c1-2-3-6-15-12(17)8-16-11-5-4-9(14)7-10(11)13/h4-5,7,16H,2-3,6,8H2,1H3,(H,15,17). The maximum absolute atomic E-state index is 12.8. The summed E-state index contributed by atoms with van der Waals surface area (Å²) >= 11 is 3.23. The van der Waals surface area contributed by atoms with Gasteiger partial charge in [0.25, 0.3) is 0 Å². The van der Waals surface area contributed by atoms with E-state index in [1.807, 2.05) is 0 Å². The van der Waals surface area contributed by atoms with E-state index >= 15 is 0 Å². The lowest BCUT2D eigenvalue weighted by Gasteiger charge is -2.09. The van der Waals surface area contributed by atoms with Crippen LogP contribution < -0.4 is 10.6 Å². The minimum absolute atomic E-state index is 0.0605. The SMILES string of the molecule is CCCCNC(=O)CNc1ccc(F)cc1Br. The van der Waals surface area contributed by atoms with E-state index in [-0.39, 0.29) is 18.3 Å². The maximum Gasteiger partial charge on any atom is 0.239 e. The fourth-order valence-electron chi connectivity index (χ4n) is 1.28. The Morgan fingerprint density at radius 1 is 1.47 bits per heavy atom. The summed E-state index contributed by atoms with van der Waals surface area (Å²) in [5.41, 5.74) is 0.706. The largest absolute Gasteiger partial charge is 0.375 e. The van der Waals surface area contributed by atoms with Crippen molar-refractivity contribution >= 4 is 27.5 Å². The zero-order valence-electron chi connectivity index (χ0n) is 9.72. The second-order valence-corrected chi connectivity index (χ2v) is 4.54. The number of halogens is 2. The molecule has 0 aliphatic rings. The zero-order chi connectivity index (χ0) is 12.7. The Bertz CT molecular complexity index is 385. The number of unbranched alkanes of at least 4 members (excludes halogenated alkanes) is 1. The lowest BCUT2D eigenvalue weighted by Crippen LogP contribution is -2.30. The molecule has 0 spiro atoms. The van der Waals surface area contributed by atoms with Crippen LogP contribution in [0, 0.1) is 5.82 Å². The Morgan fingerprint density at radius 2 is 2.24 bits per heavy atom. The molecule has 5 heteroatoms. The van der Waals surface area contributed by atoms with E-state index in [1.54, 1.807) is 6.07 Å². The van der Waals surface area contributed by atoms with Crippen molar-refractivity contribution in [3.05, 3.63) is 28.5 Å². The van der Waals surface area contributed by atoms with Gasteiger partial charge >= 0.3 is 0 Å². The van der Waals surface area contributed by atoms with Crippen molar-refractivity contribution in [2.45, 2.75) is 19.8 Å². The molecule has 1 rings (SSSR count). The monoisotopic (exact) mass is 302 g/mol. The summed E-state index contributed by atoms with van der Waals surface area (Å²) in [6.07, 6.45) is 2.03. The van der Waals surface area contributed by atoms with Crippen molar-refractivity contribution in [2.24, 2.45) is 0 Å². The van der Waals surface area contributed by atoms with Gasteiger partial charge in [0, 0.05) is 16.7 Å². The molecule has 0 aliphatic heterocycles. The number of benzene rings is 1. The molecule has 0 aliphatic carbocycles. The van der Waals surface area contributed by atoms with Crippen LogP contribution in [-0.2, 0) is 4.79 Å². The Labute approximate surface area is 109 Å². The highest BCUT2D eigenvalue weighted by Crippen LogP contribution is 2.22. The topological polar surface area (TPSA) is 41.1 Å². The molecule has 0 unspecified atom stereocenters. The molecular weight excluding hydrogens is 287 g/mol. The highest BCUT2D eigenvalue weighted by Gasteiger charge is 2.03. The Balaban J connectivity index is 2.37. The van der Waals surface area contributed by atoms with Crippen LogP contribution in [-0.4, -0.2) is 19.0 Å². The summed E-state index contributed by atoms with van der Waals surface area (Å²) in [4.78, 5) is 11.4. The van der Waals surface area contributed by atoms with Crippen molar-refractivity contribution in [3.8, 4) is 0 Å². The molecular formula is C12H16BrFN2O. The van der Waals surface area contributed by atoms with Crippen LogP contribution in [0.2, 0.25) is 0 Å². The molecule has 0 heterocycles. The highest BCUT2D eigenvalue weighted by molar-refractivity contribution is 9.10. The zero-order valence-corrected chi connectivity index (χ0v) is 11.3. The van der Waals surface area contributed by atoms with Gasteiger partial charge in [0.15, 0.2) is 0 Å². The minimum Gasteiger partial charge on any atom is -0.375 e. The molecule has 1 amide bonds. The molecule has 0 saturated carbocycles. The van der Waals surface area contributed by atoms with Crippen LogP contribution >= 0.6 is 15.9 Å². The fraction of sp³-hybridized carbons (Fsp3) is 0.417. The van der Waals surface area contributed by atoms with Gasteiger partial charge in [0.05, 0.1) is 6.54 Å². The number of amides is 1.